The van der Waals surface area contributed by atoms with E-state index in [1.165, 1.54) is 0 Å². The Balaban J connectivity index is 3.19. The number of rotatable bonds is 17. The van der Waals surface area contributed by atoms with Gasteiger partial charge in [-0.25, -0.2) is 0 Å². The molecule has 0 aromatic rings. The molecule has 0 spiro atoms. The first-order valence-electron chi connectivity index (χ1n) is 8.89. The molecule has 6 nitrogen and oxygen atoms in total. The first-order chi connectivity index (χ1) is 10.7. The normalized spacial score (nSPS) is 14.2. The quantitative estimate of drug-likeness (QED) is 0.206. The minimum absolute atomic E-state index is 0.260. The molecule has 0 heterocycles. The minimum atomic E-state index is -0.260. The van der Waals surface area contributed by atoms with Gasteiger partial charge in [-0.05, 0) is 65.0 Å². The number of nitrogens with one attached hydrogen (secondary N) is 4. The van der Waals surface area contributed by atoms with Gasteiger partial charge in [-0.15, -0.1) is 0 Å². The largest absolute Gasteiger partial charge is 0.392 e. The van der Waals surface area contributed by atoms with Gasteiger partial charge in [0, 0.05) is 13.1 Å². The van der Waals surface area contributed by atoms with Crippen LogP contribution in [0.15, 0.2) is 0 Å². The van der Waals surface area contributed by atoms with Gasteiger partial charge < -0.3 is 31.5 Å². The molecule has 0 aromatic carbocycles. The third-order valence-electron chi connectivity index (χ3n) is 3.53. The summed E-state index contributed by atoms with van der Waals surface area (Å²) >= 11 is 0. The van der Waals surface area contributed by atoms with E-state index in [9.17, 15) is 10.2 Å². The molecule has 0 unspecified atom stereocenters. The van der Waals surface area contributed by atoms with Gasteiger partial charge in [0.15, 0.2) is 0 Å². The fourth-order valence-electron chi connectivity index (χ4n) is 2.13. The van der Waals surface area contributed by atoms with Gasteiger partial charge in [-0.2, -0.15) is 0 Å². The fraction of sp³-hybridized carbons (Fsp3) is 1.00. The third-order valence-corrected chi connectivity index (χ3v) is 3.53. The topological polar surface area (TPSA) is 88.6 Å². The van der Waals surface area contributed by atoms with Crippen molar-refractivity contribution in [2.45, 2.75) is 51.7 Å². The summed E-state index contributed by atoms with van der Waals surface area (Å²) in [6.45, 7) is 11.0. The highest BCUT2D eigenvalue weighted by Crippen LogP contribution is 1.91. The van der Waals surface area contributed by atoms with Gasteiger partial charge in [-0.3, -0.25) is 0 Å². The van der Waals surface area contributed by atoms with Crippen LogP contribution in [-0.2, 0) is 0 Å². The van der Waals surface area contributed by atoms with Crippen molar-refractivity contribution in [3.63, 3.8) is 0 Å². The molecular weight excluding hydrogens is 280 g/mol. The lowest BCUT2D eigenvalue weighted by atomic mass is 10.2. The van der Waals surface area contributed by atoms with Crippen LogP contribution in [0, 0.1) is 0 Å². The van der Waals surface area contributed by atoms with Gasteiger partial charge in [0.1, 0.15) is 0 Å². The van der Waals surface area contributed by atoms with Crippen molar-refractivity contribution in [1.82, 2.24) is 21.3 Å². The average Bonchev–Trinajstić information content (AvgIpc) is 2.50. The molecule has 6 heteroatoms. The second-order valence-electron chi connectivity index (χ2n) is 5.71. The van der Waals surface area contributed by atoms with Crippen LogP contribution >= 0.6 is 0 Å². The molecule has 0 fully saturated rings. The van der Waals surface area contributed by atoms with Crippen molar-refractivity contribution in [2.75, 3.05) is 52.4 Å². The molecule has 0 aliphatic carbocycles. The molecule has 22 heavy (non-hydrogen) atoms. The van der Waals surface area contributed by atoms with Crippen molar-refractivity contribution in [3.8, 4) is 0 Å². The number of hydrogen-bond acceptors (Lipinski definition) is 6. The minimum Gasteiger partial charge on any atom is -0.392 e. The monoisotopic (exact) mass is 318 g/mol. The predicted octanol–water partition coefficient (Wildman–Crippen LogP) is -0.333. The van der Waals surface area contributed by atoms with Crippen molar-refractivity contribution >= 4 is 0 Å². The van der Waals surface area contributed by atoms with E-state index in [0.29, 0.717) is 13.1 Å². The fourth-order valence-corrected chi connectivity index (χ4v) is 2.13. The second-order valence-corrected chi connectivity index (χ2v) is 5.71. The lowest BCUT2D eigenvalue weighted by Crippen LogP contribution is -2.32. The molecule has 0 saturated heterocycles. The summed E-state index contributed by atoms with van der Waals surface area (Å²) in [6, 6.07) is 0. The van der Waals surface area contributed by atoms with Crippen LogP contribution in [0.5, 0.6) is 0 Å². The maximum absolute atomic E-state index is 9.72. The number of unbranched alkanes of at least 4 members (excludes halogenated alkanes) is 1. The highest BCUT2D eigenvalue weighted by Gasteiger charge is 2.03. The summed E-state index contributed by atoms with van der Waals surface area (Å²) in [4.78, 5) is 0. The maximum atomic E-state index is 9.72. The van der Waals surface area contributed by atoms with E-state index in [4.69, 9.17) is 0 Å². The zero-order chi connectivity index (χ0) is 16.5. The van der Waals surface area contributed by atoms with Crippen LogP contribution in [0.4, 0.5) is 0 Å². The Morgan fingerprint density at radius 2 is 1.05 bits per heavy atom. The summed E-state index contributed by atoms with van der Waals surface area (Å²) in [5, 5.41) is 32.4. The van der Waals surface area contributed by atoms with Crippen LogP contribution in [-0.4, -0.2) is 74.8 Å². The van der Waals surface area contributed by atoms with Gasteiger partial charge in [0.05, 0.1) is 12.2 Å². The summed E-state index contributed by atoms with van der Waals surface area (Å²) in [6.07, 6.45) is 3.24. The molecule has 0 aromatic heterocycles. The molecule has 0 aliphatic rings. The Bertz CT molecular complexity index is 198. The molecule has 134 valence electrons. The Morgan fingerprint density at radius 3 is 1.41 bits per heavy atom. The SMILES string of the molecule is CCNCC[C@@H](O)CNCCCCNC[C@H](O)CCNCC. The van der Waals surface area contributed by atoms with E-state index in [1.54, 1.807) is 0 Å². The van der Waals surface area contributed by atoms with Crippen LogP contribution in [0.1, 0.15) is 39.5 Å². The van der Waals surface area contributed by atoms with Crippen molar-refractivity contribution in [1.29, 1.82) is 0 Å². The predicted molar refractivity (Wildman–Crippen MR) is 93.3 cm³/mol. The van der Waals surface area contributed by atoms with E-state index in [2.05, 4.69) is 35.1 Å². The Labute approximate surface area is 136 Å². The number of aliphatic hydroxyl groups excluding tert-OH is 2. The molecule has 0 bridgehead atoms. The van der Waals surface area contributed by atoms with Crippen molar-refractivity contribution in [3.05, 3.63) is 0 Å². The average molecular weight is 319 g/mol. The van der Waals surface area contributed by atoms with E-state index >= 15 is 0 Å². The smallest absolute Gasteiger partial charge is 0.0676 e. The molecule has 0 radical (unpaired) electrons. The lowest BCUT2D eigenvalue weighted by molar-refractivity contribution is 0.159. The summed E-state index contributed by atoms with van der Waals surface area (Å²) in [5.41, 5.74) is 0. The molecule has 0 amide bonds. The van der Waals surface area contributed by atoms with Crippen LogP contribution in [0.3, 0.4) is 0 Å². The molecule has 2 atom stereocenters. The zero-order valence-electron chi connectivity index (χ0n) is 14.5. The molecular formula is C16H38N4O2. The van der Waals surface area contributed by atoms with Crippen molar-refractivity contribution < 1.29 is 10.2 Å². The lowest BCUT2D eigenvalue weighted by Gasteiger charge is -2.13. The maximum Gasteiger partial charge on any atom is 0.0676 e. The van der Waals surface area contributed by atoms with Crippen LogP contribution in [0.25, 0.3) is 0 Å². The summed E-state index contributed by atoms with van der Waals surface area (Å²) in [7, 11) is 0. The first-order valence-corrected chi connectivity index (χ1v) is 8.89. The third kappa shape index (κ3) is 16.1. The Morgan fingerprint density at radius 1 is 0.636 bits per heavy atom. The molecule has 0 aliphatic heterocycles. The van der Waals surface area contributed by atoms with E-state index in [0.717, 1.165) is 65.0 Å². The van der Waals surface area contributed by atoms with Gasteiger partial charge in [-0.1, -0.05) is 13.8 Å². The summed E-state index contributed by atoms with van der Waals surface area (Å²) < 4.78 is 0. The second kappa shape index (κ2) is 17.1. The Kier molecular flexibility index (Phi) is 16.9. The molecule has 0 saturated carbocycles. The van der Waals surface area contributed by atoms with Crippen molar-refractivity contribution in [2.24, 2.45) is 0 Å². The number of hydrogen-bond donors (Lipinski definition) is 6. The van der Waals surface area contributed by atoms with E-state index in [-0.39, 0.29) is 12.2 Å². The van der Waals surface area contributed by atoms with E-state index in [1.807, 2.05) is 0 Å². The van der Waals surface area contributed by atoms with Crippen LogP contribution in [0.2, 0.25) is 0 Å². The molecule has 6 N–H and O–H groups in total. The van der Waals surface area contributed by atoms with Gasteiger partial charge >= 0.3 is 0 Å². The highest BCUT2D eigenvalue weighted by atomic mass is 16.3. The molecule has 0 rings (SSSR count). The number of aliphatic hydroxyl groups is 2. The standard InChI is InChI=1S/C16H38N4O2/c1-3-17-11-7-15(21)13-19-9-5-6-10-20-14-16(22)8-12-18-4-2/h15-22H,3-14H2,1-2H3/t15-,16-/m1/s1. The highest BCUT2D eigenvalue weighted by molar-refractivity contribution is 4.63. The Hall–Kier alpha value is -0.240. The van der Waals surface area contributed by atoms with E-state index < -0.39 is 0 Å². The summed E-state index contributed by atoms with van der Waals surface area (Å²) in [5.74, 6) is 0. The van der Waals surface area contributed by atoms with Crippen LogP contribution < -0.4 is 21.3 Å². The first kappa shape index (κ1) is 21.8. The zero-order valence-corrected chi connectivity index (χ0v) is 14.5. The van der Waals surface area contributed by atoms with Gasteiger partial charge in [0.2, 0.25) is 0 Å². The van der Waals surface area contributed by atoms with Gasteiger partial charge in [0.25, 0.3) is 0 Å².